The van der Waals surface area contributed by atoms with Gasteiger partial charge in [0.1, 0.15) is 0 Å². The maximum absolute atomic E-state index is 5.68. The van der Waals surface area contributed by atoms with E-state index in [-0.39, 0.29) is 5.28 Å². The molecule has 1 aromatic carbocycles. The normalized spacial score (nSPS) is 10.3. The number of hydrogen-bond donors (Lipinski definition) is 2. The minimum atomic E-state index is 0.187. The van der Waals surface area contributed by atoms with Crippen LogP contribution in [0.25, 0.3) is 10.9 Å². The number of hydrogen-bond acceptors (Lipinski definition) is 4. The number of aromatic nitrogens is 2. The zero-order valence-corrected chi connectivity index (χ0v) is 7.42. The molecular weight excluding hydrogens is 188 g/mol. The van der Waals surface area contributed by atoms with Crippen molar-refractivity contribution in [1.82, 2.24) is 9.97 Å². The third kappa shape index (κ3) is 1.41. The molecule has 2 rings (SSSR count). The molecule has 0 aliphatic heterocycles. The van der Waals surface area contributed by atoms with Crippen molar-refractivity contribution in [3.8, 4) is 0 Å². The highest BCUT2D eigenvalue weighted by Gasteiger charge is 2.03. The van der Waals surface area contributed by atoms with Gasteiger partial charge in [0.2, 0.25) is 5.28 Å². The molecule has 13 heavy (non-hydrogen) atoms. The van der Waals surface area contributed by atoms with Crippen molar-refractivity contribution in [3.05, 3.63) is 29.5 Å². The zero-order valence-electron chi connectivity index (χ0n) is 6.66. The van der Waals surface area contributed by atoms with Crippen molar-refractivity contribution < 1.29 is 0 Å². The second kappa shape index (κ2) is 3.16. The Morgan fingerprint density at radius 3 is 2.77 bits per heavy atom. The summed E-state index contributed by atoms with van der Waals surface area (Å²) in [6.07, 6.45) is 0. The molecule has 0 saturated heterocycles. The Kier molecular flexibility index (Phi) is 2.00. The molecule has 0 unspecified atom stereocenters. The van der Waals surface area contributed by atoms with Crippen molar-refractivity contribution >= 4 is 28.3 Å². The van der Waals surface area contributed by atoms with Gasteiger partial charge in [0.05, 0.1) is 5.52 Å². The van der Waals surface area contributed by atoms with Crippen molar-refractivity contribution in [2.45, 2.75) is 0 Å². The molecule has 0 saturated carbocycles. The van der Waals surface area contributed by atoms with E-state index in [0.29, 0.717) is 5.82 Å². The maximum atomic E-state index is 5.68. The van der Waals surface area contributed by atoms with Gasteiger partial charge in [-0.2, -0.15) is 4.98 Å². The number of nitrogen functional groups attached to an aromatic ring is 1. The summed E-state index contributed by atoms with van der Waals surface area (Å²) in [6.45, 7) is 0. The van der Waals surface area contributed by atoms with Crippen molar-refractivity contribution in [2.24, 2.45) is 5.84 Å². The minimum absolute atomic E-state index is 0.187. The second-order valence-electron chi connectivity index (χ2n) is 2.50. The number of para-hydroxylation sites is 1. The second-order valence-corrected chi connectivity index (χ2v) is 2.84. The number of nitrogens with zero attached hydrogens (tertiary/aromatic N) is 2. The van der Waals surface area contributed by atoms with Gasteiger partial charge in [0, 0.05) is 5.39 Å². The predicted octanol–water partition coefficient (Wildman–Crippen LogP) is 1.57. The van der Waals surface area contributed by atoms with Crippen LogP contribution in [0.3, 0.4) is 0 Å². The number of anilines is 1. The lowest BCUT2D eigenvalue weighted by molar-refractivity contribution is 1.18. The summed E-state index contributed by atoms with van der Waals surface area (Å²) in [5, 5.41) is 1.04. The summed E-state index contributed by atoms with van der Waals surface area (Å²) in [4.78, 5) is 7.98. The van der Waals surface area contributed by atoms with Crippen LogP contribution in [0.5, 0.6) is 0 Å². The molecule has 5 heteroatoms. The van der Waals surface area contributed by atoms with Crippen molar-refractivity contribution in [3.63, 3.8) is 0 Å². The molecule has 4 nitrogen and oxygen atoms in total. The lowest BCUT2D eigenvalue weighted by Gasteiger charge is -2.03. The number of fused-ring (bicyclic) bond motifs is 1. The highest BCUT2D eigenvalue weighted by molar-refractivity contribution is 6.28. The van der Waals surface area contributed by atoms with Crippen LogP contribution in [0, 0.1) is 0 Å². The molecule has 0 bridgehead atoms. The molecule has 0 amide bonds. The lowest BCUT2D eigenvalue weighted by Crippen LogP contribution is -2.09. The van der Waals surface area contributed by atoms with E-state index in [1.807, 2.05) is 24.3 Å². The Balaban J connectivity index is 2.81. The SMILES string of the molecule is NNc1nc(Cl)nc2ccccc12. The van der Waals surface area contributed by atoms with E-state index in [4.69, 9.17) is 17.4 Å². The lowest BCUT2D eigenvalue weighted by atomic mass is 10.2. The molecule has 0 atom stereocenters. The van der Waals surface area contributed by atoms with Gasteiger partial charge in [-0.25, -0.2) is 10.8 Å². The minimum Gasteiger partial charge on any atom is -0.308 e. The number of benzene rings is 1. The van der Waals surface area contributed by atoms with Crippen LogP contribution in [0.2, 0.25) is 5.28 Å². The summed E-state index contributed by atoms with van der Waals surface area (Å²) < 4.78 is 0. The van der Waals surface area contributed by atoms with Crippen LogP contribution in [-0.4, -0.2) is 9.97 Å². The van der Waals surface area contributed by atoms with E-state index in [2.05, 4.69) is 15.4 Å². The molecule has 2 aromatic rings. The average molecular weight is 195 g/mol. The quantitative estimate of drug-likeness (QED) is 0.411. The Morgan fingerprint density at radius 2 is 2.00 bits per heavy atom. The van der Waals surface area contributed by atoms with Crippen LogP contribution in [0.1, 0.15) is 0 Å². The summed E-state index contributed by atoms with van der Waals surface area (Å²) in [7, 11) is 0. The standard InChI is InChI=1S/C8H7ClN4/c9-8-11-6-4-2-1-3-5(6)7(12-8)13-10/h1-4H,10H2,(H,11,12,13). The van der Waals surface area contributed by atoms with E-state index >= 15 is 0 Å². The first-order valence-corrected chi connectivity index (χ1v) is 4.08. The van der Waals surface area contributed by atoms with Gasteiger partial charge in [-0.05, 0) is 23.7 Å². The molecular formula is C8H7ClN4. The third-order valence-electron chi connectivity index (χ3n) is 1.71. The fourth-order valence-electron chi connectivity index (χ4n) is 1.16. The van der Waals surface area contributed by atoms with Gasteiger partial charge in [0.15, 0.2) is 5.82 Å². The molecule has 1 aromatic heterocycles. The fourth-order valence-corrected chi connectivity index (χ4v) is 1.33. The topological polar surface area (TPSA) is 63.8 Å². The summed E-state index contributed by atoms with van der Waals surface area (Å²) in [5.41, 5.74) is 3.25. The van der Waals surface area contributed by atoms with Gasteiger partial charge in [-0.1, -0.05) is 12.1 Å². The Morgan fingerprint density at radius 1 is 1.23 bits per heavy atom. The largest absolute Gasteiger partial charge is 0.308 e. The molecule has 0 fully saturated rings. The number of hydrazine groups is 1. The van der Waals surface area contributed by atoms with E-state index in [1.165, 1.54) is 0 Å². The average Bonchev–Trinajstić information content (AvgIpc) is 2.16. The molecule has 0 aliphatic carbocycles. The summed E-state index contributed by atoms with van der Waals surface area (Å²) >= 11 is 5.68. The Bertz CT molecular complexity index is 443. The highest BCUT2D eigenvalue weighted by Crippen LogP contribution is 2.20. The smallest absolute Gasteiger partial charge is 0.224 e. The van der Waals surface area contributed by atoms with Crippen LogP contribution in [0.4, 0.5) is 5.82 Å². The first-order valence-electron chi connectivity index (χ1n) is 3.70. The van der Waals surface area contributed by atoms with Crippen molar-refractivity contribution in [1.29, 1.82) is 0 Å². The molecule has 3 N–H and O–H groups in total. The molecule has 0 spiro atoms. The molecule has 1 heterocycles. The van der Waals surface area contributed by atoms with Gasteiger partial charge < -0.3 is 5.43 Å². The monoisotopic (exact) mass is 194 g/mol. The number of halogens is 1. The fraction of sp³-hybridized carbons (Fsp3) is 0. The summed E-state index contributed by atoms with van der Waals surface area (Å²) in [5.74, 6) is 5.82. The first kappa shape index (κ1) is 8.22. The third-order valence-corrected chi connectivity index (χ3v) is 1.88. The van der Waals surface area contributed by atoms with Gasteiger partial charge >= 0.3 is 0 Å². The Hall–Kier alpha value is -1.39. The summed E-state index contributed by atoms with van der Waals surface area (Å²) in [6, 6.07) is 7.50. The van der Waals surface area contributed by atoms with Gasteiger partial charge in [-0.15, -0.1) is 0 Å². The Labute approximate surface area is 79.7 Å². The van der Waals surface area contributed by atoms with Crippen LogP contribution in [0.15, 0.2) is 24.3 Å². The number of rotatable bonds is 1. The first-order chi connectivity index (χ1) is 6.31. The van der Waals surface area contributed by atoms with E-state index < -0.39 is 0 Å². The maximum Gasteiger partial charge on any atom is 0.224 e. The molecule has 0 radical (unpaired) electrons. The zero-order chi connectivity index (χ0) is 9.26. The van der Waals surface area contributed by atoms with Crippen LogP contribution in [-0.2, 0) is 0 Å². The van der Waals surface area contributed by atoms with E-state index in [0.717, 1.165) is 10.9 Å². The van der Waals surface area contributed by atoms with Crippen LogP contribution < -0.4 is 11.3 Å². The van der Waals surface area contributed by atoms with E-state index in [9.17, 15) is 0 Å². The van der Waals surface area contributed by atoms with Crippen LogP contribution >= 0.6 is 11.6 Å². The molecule has 0 aliphatic rings. The highest BCUT2D eigenvalue weighted by atomic mass is 35.5. The predicted molar refractivity (Wildman–Crippen MR) is 52.4 cm³/mol. The van der Waals surface area contributed by atoms with Gasteiger partial charge in [0.25, 0.3) is 0 Å². The molecule has 66 valence electrons. The van der Waals surface area contributed by atoms with Gasteiger partial charge in [-0.3, -0.25) is 0 Å². The number of nitrogens with two attached hydrogens (primary N) is 1. The van der Waals surface area contributed by atoms with E-state index in [1.54, 1.807) is 0 Å². The number of nitrogens with one attached hydrogen (secondary N) is 1. The van der Waals surface area contributed by atoms with Crippen molar-refractivity contribution in [2.75, 3.05) is 5.43 Å².